The minimum atomic E-state index is -0.120. The van der Waals surface area contributed by atoms with E-state index >= 15 is 0 Å². The number of carbonyl (C=O) groups excluding carboxylic acids is 1. The number of aromatic nitrogens is 1. The number of rotatable bonds is 5. The molecule has 0 aliphatic heterocycles. The molecule has 1 amide bonds. The minimum Gasteiger partial charge on any atom is -0.350 e. The SMILES string of the molecule is Cc1ccc(SCCNC(=O)c2ccccn2)cc1. The largest absolute Gasteiger partial charge is 0.350 e. The predicted octanol–water partition coefficient (Wildman–Crippen LogP) is 2.91. The molecule has 0 spiro atoms. The fraction of sp³-hybridized carbons (Fsp3) is 0.200. The first-order chi connectivity index (χ1) is 9.25. The summed E-state index contributed by atoms with van der Waals surface area (Å²) >= 11 is 1.73. The van der Waals surface area contributed by atoms with E-state index in [1.54, 1.807) is 30.1 Å². The van der Waals surface area contributed by atoms with E-state index < -0.39 is 0 Å². The van der Waals surface area contributed by atoms with Crippen LogP contribution in [0.3, 0.4) is 0 Å². The van der Waals surface area contributed by atoms with E-state index in [0.717, 1.165) is 5.75 Å². The van der Waals surface area contributed by atoms with Crippen molar-refractivity contribution in [3.8, 4) is 0 Å². The molecule has 1 aromatic carbocycles. The van der Waals surface area contributed by atoms with Crippen LogP contribution in [0.2, 0.25) is 0 Å². The van der Waals surface area contributed by atoms with E-state index in [4.69, 9.17) is 0 Å². The van der Waals surface area contributed by atoms with Crippen LogP contribution in [0.15, 0.2) is 53.6 Å². The zero-order valence-electron chi connectivity index (χ0n) is 10.8. The second kappa shape index (κ2) is 6.95. The summed E-state index contributed by atoms with van der Waals surface area (Å²) < 4.78 is 0. The lowest BCUT2D eigenvalue weighted by atomic mass is 10.2. The van der Waals surface area contributed by atoms with Gasteiger partial charge in [0.05, 0.1) is 0 Å². The number of hydrogen-bond donors (Lipinski definition) is 1. The van der Waals surface area contributed by atoms with Gasteiger partial charge in [-0.2, -0.15) is 0 Å². The third-order valence-electron chi connectivity index (χ3n) is 2.57. The summed E-state index contributed by atoms with van der Waals surface area (Å²) in [6.07, 6.45) is 1.62. The van der Waals surface area contributed by atoms with E-state index in [1.807, 2.05) is 6.07 Å². The molecule has 1 aromatic heterocycles. The van der Waals surface area contributed by atoms with Crippen molar-refractivity contribution in [3.63, 3.8) is 0 Å². The van der Waals surface area contributed by atoms with Crippen molar-refractivity contribution in [2.75, 3.05) is 12.3 Å². The molecule has 0 bridgehead atoms. The van der Waals surface area contributed by atoms with Gasteiger partial charge in [0.2, 0.25) is 0 Å². The summed E-state index contributed by atoms with van der Waals surface area (Å²) in [7, 11) is 0. The minimum absolute atomic E-state index is 0.120. The Kier molecular flexibility index (Phi) is 4.98. The monoisotopic (exact) mass is 272 g/mol. The molecular formula is C15H16N2OS. The molecule has 0 radical (unpaired) electrons. The van der Waals surface area contributed by atoms with Crippen LogP contribution in [-0.4, -0.2) is 23.2 Å². The summed E-state index contributed by atoms with van der Waals surface area (Å²) in [6, 6.07) is 13.7. The average Bonchev–Trinajstić information content (AvgIpc) is 2.46. The molecule has 0 aliphatic rings. The molecule has 4 heteroatoms. The molecule has 0 saturated carbocycles. The lowest BCUT2D eigenvalue weighted by molar-refractivity contribution is 0.0951. The molecule has 0 unspecified atom stereocenters. The van der Waals surface area contributed by atoms with Gasteiger partial charge in [0.1, 0.15) is 5.69 Å². The summed E-state index contributed by atoms with van der Waals surface area (Å²) in [5.74, 6) is 0.729. The van der Waals surface area contributed by atoms with Gasteiger partial charge in [0, 0.05) is 23.4 Å². The topological polar surface area (TPSA) is 42.0 Å². The van der Waals surface area contributed by atoms with E-state index in [1.165, 1.54) is 10.5 Å². The molecule has 0 aliphatic carbocycles. The summed E-state index contributed by atoms with van der Waals surface area (Å²) in [5.41, 5.74) is 1.72. The molecule has 1 N–H and O–H groups in total. The number of pyridine rings is 1. The van der Waals surface area contributed by atoms with E-state index in [2.05, 4.69) is 41.5 Å². The zero-order chi connectivity index (χ0) is 13.5. The fourth-order valence-electron chi connectivity index (χ4n) is 1.56. The van der Waals surface area contributed by atoms with E-state index in [-0.39, 0.29) is 5.91 Å². The molecule has 2 aromatic rings. The lowest BCUT2D eigenvalue weighted by Crippen LogP contribution is -2.26. The Hall–Kier alpha value is -1.81. The Morgan fingerprint density at radius 3 is 2.68 bits per heavy atom. The maximum atomic E-state index is 11.7. The Morgan fingerprint density at radius 2 is 2.00 bits per heavy atom. The molecule has 0 atom stereocenters. The second-order valence-corrected chi connectivity index (χ2v) is 5.30. The van der Waals surface area contributed by atoms with Gasteiger partial charge in [-0.1, -0.05) is 23.8 Å². The lowest BCUT2D eigenvalue weighted by Gasteiger charge is -2.05. The zero-order valence-corrected chi connectivity index (χ0v) is 11.6. The first-order valence-corrected chi connectivity index (χ1v) is 7.13. The Morgan fingerprint density at radius 1 is 1.21 bits per heavy atom. The first kappa shape index (κ1) is 13.6. The molecule has 98 valence electrons. The second-order valence-electron chi connectivity index (χ2n) is 4.13. The fourth-order valence-corrected chi connectivity index (χ4v) is 2.32. The highest BCUT2D eigenvalue weighted by Crippen LogP contribution is 2.17. The van der Waals surface area contributed by atoms with Crippen molar-refractivity contribution in [2.24, 2.45) is 0 Å². The smallest absolute Gasteiger partial charge is 0.269 e. The molecule has 0 saturated heterocycles. The number of thioether (sulfide) groups is 1. The normalized spacial score (nSPS) is 10.2. The standard InChI is InChI=1S/C15H16N2OS/c1-12-5-7-13(8-6-12)19-11-10-17-15(18)14-4-2-3-9-16-14/h2-9H,10-11H2,1H3,(H,17,18). The van der Waals surface area contributed by atoms with Gasteiger partial charge in [-0.25, -0.2) is 0 Å². The number of nitrogens with one attached hydrogen (secondary N) is 1. The number of amides is 1. The van der Waals surface area contributed by atoms with Crippen molar-refractivity contribution >= 4 is 17.7 Å². The maximum Gasteiger partial charge on any atom is 0.269 e. The third kappa shape index (κ3) is 4.41. The summed E-state index contributed by atoms with van der Waals surface area (Å²) in [5, 5.41) is 2.86. The third-order valence-corrected chi connectivity index (χ3v) is 3.59. The highest BCUT2D eigenvalue weighted by Gasteiger charge is 2.04. The van der Waals surface area contributed by atoms with Gasteiger partial charge in [-0.05, 0) is 31.2 Å². The molecule has 1 heterocycles. The Bertz CT molecular complexity index is 526. The van der Waals surface area contributed by atoms with Crippen LogP contribution >= 0.6 is 11.8 Å². The first-order valence-electron chi connectivity index (χ1n) is 6.14. The van der Waals surface area contributed by atoms with Crippen LogP contribution < -0.4 is 5.32 Å². The van der Waals surface area contributed by atoms with Crippen molar-refractivity contribution < 1.29 is 4.79 Å². The Labute approximate surface area is 117 Å². The highest BCUT2D eigenvalue weighted by molar-refractivity contribution is 7.99. The van der Waals surface area contributed by atoms with Gasteiger partial charge in [0.15, 0.2) is 0 Å². The predicted molar refractivity (Wildman–Crippen MR) is 78.5 cm³/mol. The maximum absolute atomic E-state index is 11.7. The number of benzene rings is 1. The molecule has 3 nitrogen and oxygen atoms in total. The quantitative estimate of drug-likeness (QED) is 0.672. The van der Waals surface area contributed by atoms with Gasteiger partial charge in [-0.3, -0.25) is 9.78 Å². The highest BCUT2D eigenvalue weighted by atomic mass is 32.2. The van der Waals surface area contributed by atoms with Gasteiger partial charge in [0.25, 0.3) is 5.91 Å². The van der Waals surface area contributed by atoms with Crippen molar-refractivity contribution in [1.82, 2.24) is 10.3 Å². The molecule has 2 rings (SSSR count). The van der Waals surface area contributed by atoms with E-state index in [9.17, 15) is 4.79 Å². The summed E-state index contributed by atoms with van der Waals surface area (Å²) in [6.45, 7) is 2.70. The van der Waals surface area contributed by atoms with Crippen molar-refractivity contribution in [2.45, 2.75) is 11.8 Å². The molecular weight excluding hydrogens is 256 g/mol. The van der Waals surface area contributed by atoms with Gasteiger partial charge in [-0.15, -0.1) is 11.8 Å². The Balaban J connectivity index is 1.72. The van der Waals surface area contributed by atoms with Crippen LogP contribution in [0.25, 0.3) is 0 Å². The van der Waals surface area contributed by atoms with Crippen LogP contribution in [0.1, 0.15) is 16.1 Å². The molecule has 0 fully saturated rings. The number of hydrogen-bond acceptors (Lipinski definition) is 3. The van der Waals surface area contributed by atoms with Crippen LogP contribution in [-0.2, 0) is 0 Å². The van der Waals surface area contributed by atoms with Crippen molar-refractivity contribution in [3.05, 3.63) is 59.9 Å². The van der Waals surface area contributed by atoms with Crippen LogP contribution in [0.4, 0.5) is 0 Å². The number of aryl methyl sites for hydroxylation is 1. The average molecular weight is 272 g/mol. The number of nitrogens with zero attached hydrogens (tertiary/aromatic N) is 1. The molecule has 19 heavy (non-hydrogen) atoms. The summed E-state index contributed by atoms with van der Waals surface area (Å²) in [4.78, 5) is 16.9. The van der Waals surface area contributed by atoms with Gasteiger partial charge < -0.3 is 5.32 Å². The van der Waals surface area contributed by atoms with Crippen molar-refractivity contribution in [1.29, 1.82) is 0 Å². The number of carbonyl (C=O) groups is 1. The van der Waals surface area contributed by atoms with Crippen LogP contribution in [0, 0.1) is 6.92 Å². The van der Waals surface area contributed by atoms with Crippen LogP contribution in [0.5, 0.6) is 0 Å². The van der Waals surface area contributed by atoms with Gasteiger partial charge >= 0.3 is 0 Å². The van der Waals surface area contributed by atoms with E-state index in [0.29, 0.717) is 12.2 Å².